The number of hydrogen-bond acceptors (Lipinski definition) is 8. The van der Waals surface area contributed by atoms with Crippen molar-refractivity contribution < 1.29 is 18.0 Å². The first-order valence-electron chi connectivity index (χ1n) is 7.65. The molecule has 0 aliphatic carbocycles. The molecule has 10 heteroatoms. The predicted octanol–water partition coefficient (Wildman–Crippen LogP) is -0.629. The molecule has 0 saturated carbocycles. The van der Waals surface area contributed by atoms with E-state index >= 15 is 0 Å². The highest BCUT2D eigenvalue weighted by atomic mass is 32.2. The highest BCUT2D eigenvalue weighted by molar-refractivity contribution is 7.91. The molecule has 1 aliphatic rings. The summed E-state index contributed by atoms with van der Waals surface area (Å²) in [4.78, 5) is 25.0. The third-order valence-corrected chi connectivity index (χ3v) is 5.62. The molecule has 2 heterocycles. The molecule has 1 atom stereocenters. The Morgan fingerprint density at radius 1 is 1.40 bits per heavy atom. The van der Waals surface area contributed by atoms with Gasteiger partial charge < -0.3 is 10.6 Å². The lowest BCUT2D eigenvalue weighted by molar-refractivity contribution is -0.126. The van der Waals surface area contributed by atoms with E-state index in [0.717, 1.165) is 6.20 Å². The van der Waals surface area contributed by atoms with Gasteiger partial charge in [-0.25, -0.2) is 8.42 Å². The Hall–Kier alpha value is -2.49. The minimum Gasteiger partial charge on any atom is -0.404 e. The second-order valence-corrected chi connectivity index (χ2v) is 8.30. The van der Waals surface area contributed by atoms with E-state index in [1.165, 1.54) is 13.2 Å². The number of aromatic nitrogens is 2. The van der Waals surface area contributed by atoms with Crippen LogP contribution in [-0.4, -0.2) is 55.0 Å². The zero-order valence-corrected chi connectivity index (χ0v) is 15.1. The van der Waals surface area contributed by atoms with Gasteiger partial charge in [0.1, 0.15) is 5.69 Å². The van der Waals surface area contributed by atoms with Crippen LogP contribution in [0, 0.1) is 6.92 Å². The van der Waals surface area contributed by atoms with Gasteiger partial charge >= 0.3 is 0 Å². The molecule has 1 aliphatic heterocycles. The Labute approximate surface area is 146 Å². The van der Waals surface area contributed by atoms with Crippen LogP contribution in [0.3, 0.4) is 0 Å². The first-order chi connectivity index (χ1) is 11.6. The molecule has 0 aromatic carbocycles. The Morgan fingerprint density at radius 2 is 2.08 bits per heavy atom. The highest BCUT2D eigenvalue weighted by Gasteiger charge is 2.31. The SMILES string of the molecule is CC(=O)NC(=O)/C(=C\N)c1cc(N2CC[C@@H](S(C)(=O)=O)C2)c(C)nn1. The number of imide groups is 1. The van der Waals surface area contributed by atoms with Crippen molar-refractivity contribution in [2.24, 2.45) is 5.73 Å². The number of rotatable bonds is 4. The van der Waals surface area contributed by atoms with Crippen molar-refractivity contribution in [3.8, 4) is 0 Å². The van der Waals surface area contributed by atoms with Gasteiger partial charge in [-0.1, -0.05) is 0 Å². The highest BCUT2D eigenvalue weighted by Crippen LogP contribution is 2.27. The lowest BCUT2D eigenvalue weighted by Crippen LogP contribution is -2.30. The Balaban J connectivity index is 2.32. The Kier molecular flexibility index (Phi) is 5.41. The van der Waals surface area contributed by atoms with E-state index < -0.39 is 26.9 Å². The van der Waals surface area contributed by atoms with Crippen LogP contribution in [0.1, 0.15) is 24.7 Å². The van der Waals surface area contributed by atoms with Gasteiger partial charge in [0, 0.05) is 32.5 Å². The van der Waals surface area contributed by atoms with Crippen molar-refractivity contribution in [3.63, 3.8) is 0 Å². The predicted molar refractivity (Wildman–Crippen MR) is 93.2 cm³/mol. The van der Waals surface area contributed by atoms with E-state index in [2.05, 4.69) is 15.5 Å². The largest absolute Gasteiger partial charge is 0.404 e. The van der Waals surface area contributed by atoms with Gasteiger partial charge in [0.2, 0.25) is 5.91 Å². The number of nitrogens with one attached hydrogen (secondary N) is 1. The van der Waals surface area contributed by atoms with Gasteiger partial charge in [-0.3, -0.25) is 14.9 Å². The molecule has 2 rings (SSSR count). The quantitative estimate of drug-likeness (QED) is 0.672. The Bertz CT molecular complexity index is 834. The number of nitrogens with zero attached hydrogens (tertiary/aromatic N) is 3. The summed E-state index contributed by atoms with van der Waals surface area (Å²) in [7, 11) is -3.13. The second kappa shape index (κ2) is 7.18. The number of amides is 2. The maximum absolute atomic E-state index is 12.0. The minimum atomic E-state index is -3.13. The van der Waals surface area contributed by atoms with E-state index in [-0.39, 0.29) is 11.3 Å². The average molecular weight is 367 g/mol. The van der Waals surface area contributed by atoms with Gasteiger partial charge in [-0.15, -0.1) is 5.10 Å². The van der Waals surface area contributed by atoms with Gasteiger partial charge in [0.25, 0.3) is 5.91 Å². The first-order valence-corrected chi connectivity index (χ1v) is 9.61. The molecule has 25 heavy (non-hydrogen) atoms. The second-order valence-electron chi connectivity index (χ2n) is 5.98. The first kappa shape index (κ1) is 18.8. The van der Waals surface area contributed by atoms with Crippen LogP contribution in [0.15, 0.2) is 12.3 Å². The molecule has 0 spiro atoms. The maximum atomic E-state index is 12.0. The van der Waals surface area contributed by atoms with Crippen LogP contribution in [0.4, 0.5) is 5.69 Å². The molecular weight excluding hydrogens is 346 g/mol. The molecule has 1 aromatic rings. The molecule has 136 valence electrons. The minimum absolute atomic E-state index is 0.0165. The van der Waals surface area contributed by atoms with Crippen LogP contribution in [0.5, 0.6) is 0 Å². The number of hydrogen-bond donors (Lipinski definition) is 2. The number of sulfone groups is 1. The van der Waals surface area contributed by atoms with E-state index in [4.69, 9.17) is 5.73 Å². The van der Waals surface area contributed by atoms with Crippen molar-refractivity contribution in [1.29, 1.82) is 0 Å². The standard InChI is InChI=1S/C15H21N5O4S/c1-9-14(20-5-4-11(8-20)25(3,23)24)6-13(19-18-9)12(7-16)15(22)17-10(2)21/h6-7,11H,4-5,8,16H2,1-3H3,(H,17,21,22)/b12-7-/t11-/m1/s1. The topological polar surface area (TPSA) is 135 Å². The number of nitrogens with two attached hydrogens (primary N) is 1. The van der Waals surface area contributed by atoms with Crippen molar-refractivity contribution in [2.45, 2.75) is 25.5 Å². The third-order valence-electron chi connectivity index (χ3n) is 4.02. The van der Waals surface area contributed by atoms with Crippen molar-refractivity contribution in [1.82, 2.24) is 15.5 Å². The molecule has 0 unspecified atom stereocenters. The van der Waals surface area contributed by atoms with Crippen LogP contribution >= 0.6 is 0 Å². The molecule has 9 nitrogen and oxygen atoms in total. The lowest BCUT2D eigenvalue weighted by atomic mass is 10.1. The fourth-order valence-corrected chi connectivity index (χ4v) is 3.68. The number of carbonyl (C=O) groups excluding carboxylic acids is 2. The van der Waals surface area contributed by atoms with Crippen LogP contribution in [0.2, 0.25) is 0 Å². The average Bonchev–Trinajstić information content (AvgIpc) is 2.98. The molecule has 1 aromatic heterocycles. The van der Waals surface area contributed by atoms with Crippen molar-refractivity contribution >= 4 is 32.9 Å². The van der Waals surface area contributed by atoms with Crippen molar-refractivity contribution in [3.05, 3.63) is 23.7 Å². The molecular formula is C15H21N5O4S. The molecule has 1 saturated heterocycles. The smallest absolute Gasteiger partial charge is 0.261 e. The molecule has 1 fully saturated rings. The van der Waals surface area contributed by atoms with Crippen LogP contribution in [-0.2, 0) is 19.4 Å². The van der Waals surface area contributed by atoms with Gasteiger partial charge in [0.05, 0.1) is 22.2 Å². The lowest BCUT2D eigenvalue weighted by Gasteiger charge is -2.20. The number of aryl methyl sites for hydroxylation is 1. The molecule has 2 amide bonds. The summed E-state index contributed by atoms with van der Waals surface area (Å²) in [6, 6.07) is 1.63. The third kappa shape index (κ3) is 4.32. The summed E-state index contributed by atoms with van der Waals surface area (Å²) < 4.78 is 23.5. The molecule has 3 N–H and O–H groups in total. The molecule has 0 bridgehead atoms. The number of carbonyl (C=O) groups is 2. The van der Waals surface area contributed by atoms with Crippen LogP contribution < -0.4 is 16.0 Å². The van der Waals surface area contributed by atoms with E-state index in [9.17, 15) is 18.0 Å². The zero-order valence-electron chi connectivity index (χ0n) is 14.3. The normalized spacial score (nSPS) is 18.3. The summed E-state index contributed by atoms with van der Waals surface area (Å²) in [5, 5.41) is 9.70. The summed E-state index contributed by atoms with van der Waals surface area (Å²) in [5.74, 6) is -1.19. The fraction of sp³-hybridized carbons (Fsp3) is 0.467. The number of anilines is 1. The molecule has 0 radical (unpaired) electrons. The summed E-state index contributed by atoms with van der Waals surface area (Å²) in [6.45, 7) is 3.88. The van der Waals surface area contributed by atoms with Gasteiger partial charge in [0.15, 0.2) is 9.84 Å². The van der Waals surface area contributed by atoms with Crippen molar-refractivity contribution in [2.75, 3.05) is 24.2 Å². The summed E-state index contributed by atoms with van der Waals surface area (Å²) >= 11 is 0. The zero-order chi connectivity index (χ0) is 18.8. The monoisotopic (exact) mass is 367 g/mol. The van der Waals surface area contributed by atoms with E-state index in [1.807, 2.05) is 4.90 Å². The van der Waals surface area contributed by atoms with Gasteiger partial charge in [-0.2, -0.15) is 5.10 Å². The fourth-order valence-electron chi connectivity index (χ4n) is 2.70. The van der Waals surface area contributed by atoms with E-state index in [0.29, 0.717) is 30.9 Å². The van der Waals surface area contributed by atoms with E-state index in [1.54, 1.807) is 13.0 Å². The summed E-state index contributed by atoms with van der Waals surface area (Å²) in [6.07, 6.45) is 2.82. The maximum Gasteiger partial charge on any atom is 0.261 e. The summed E-state index contributed by atoms with van der Waals surface area (Å²) in [5.41, 5.74) is 7.03. The van der Waals surface area contributed by atoms with Crippen LogP contribution in [0.25, 0.3) is 5.57 Å². The Morgan fingerprint density at radius 3 is 2.60 bits per heavy atom. The van der Waals surface area contributed by atoms with Gasteiger partial charge in [-0.05, 0) is 19.4 Å².